The molecule has 2 saturated carbocycles. The molecular formula is C14H19FN4O. The van der Waals surface area contributed by atoms with Crippen molar-refractivity contribution in [2.45, 2.75) is 25.7 Å². The monoisotopic (exact) mass is 278 g/mol. The zero-order valence-corrected chi connectivity index (χ0v) is 11.2. The van der Waals surface area contributed by atoms with Gasteiger partial charge in [-0.1, -0.05) is 0 Å². The summed E-state index contributed by atoms with van der Waals surface area (Å²) in [7, 11) is 0. The van der Waals surface area contributed by atoms with Crippen molar-refractivity contribution in [2.75, 3.05) is 12.0 Å². The molecule has 2 aliphatic carbocycles. The van der Waals surface area contributed by atoms with Crippen LogP contribution in [-0.4, -0.2) is 17.4 Å². The normalized spacial score (nSPS) is 18.1. The Bertz CT molecular complexity index is 502. The maximum absolute atomic E-state index is 13.9. The number of hydrogen-bond donors (Lipinski definition) is 3. The maximum atomic E-state index is 13.9. The SMILES string of the molecule is NNc1nccc(C(=O)NCC(C2CC2)C2CC2)c1F. The highest BCUT2D eigenvalue weighted by Gasteiger charge is 2.41. The molecule has 0 radical (unpaired) electrons. The van der Waals surface area contributed by atoms with Gasteiger partial charge in [0.05, 0.1) is 5.56 Å². The lowest BCUT2D eigenvalue weighted by Gasteiger charge is -2.16. The van der Waals surface area contributed by atoms with Crippen LogP contribution in [0.1, 0.15) is 36.0 Å². The van der Waals surface area contributed by atoms with Crippen LogP contribution in [0.4, 0.5) is 10.2 Å². The molecule has 1 heterocycles. The van der Waals surface area contributed by atoms with E-state index in [1.165, 1.54) is 37.9 Å². The summed E-state index contributed by atoms with van der Waals surface area (Å²) < 4.78 is 13.9. The zero-order chi connectivity index (χ0) is 14.1. The predicted molar refractivity (Wildman–Crippen MR) is 73.3 cm³/mol. The van der Waals surface area contributed by atoms with Gasteiger partial charge in [0.25, 0.3) is 5.91 Å². The van der Waals surface area contributed by atoms with Crippen LogP contribution in [0.3, 0.4) is 0 Å². The lowest BCUT2D eigenvalue weighted by Crippen LogP contribution is -2.32. The molecule has 0 spiro atoms. The lowest BCUT2D eigenvalue weighted by molar-refractivity contribution is 0.0939. The van der Waals surface area contributed by atoms with Gasteiger partial charge >= 0.3 is 0 Å². The highest BCUT2D eigenvalue weighted by molar-refractivity contribution is 5.95. The van der Waals surface area contributed by atoms with Crippen molar-refractivity contribution in [3.8, 4) is 0 Å². The number of nitrogens with two attached hydrogens (primary N) is 1. The minimum atomic E-state index is -0.707. The average Bonchev–Trinajstić information content (AvgIpc) is 3.32. The Labute approximate surface area is 117 Å². The fraction of sp³-hybridized carbons (Fsp3) is 0.571. The Morgan fingerprint density at radius 1 is 1.40 bits per heavy atom. The first-order chi connectivity index (χ1) is 9.70. The molecule has 6 heteroatoms. The first-order valence-electron chi connectivity index (χ1n) is 7.10. The highest BCUT2D eigenvalue weighted by Crippen LogP contribution is 2.48. The molecule has 0 unspecified atom stereocenters. The smallest absolute Gasteiger partial charge is 0.254 e. The van der Waals surface area contributed by atoms with E-state index < -0.39 is 11.7 Å². The van der Waals surface area contributed by atoms with Crippen LogP contribution >= 0.6 is 0 Å². The molecule has 0 aromatic carbocycles. The summed E-state index contributed by atoms with van der Waals surface area (Å²) in [6, 6.07) is 1.37. The second-order valence-electron chi connectivity index (χ2n) is 5.71. The van der Waals surface area contributed by atoms with Gasteiger partial charge in [0.15, 0.2) is 11.6 Å². The molecule has 5 nitrogen and oxygen atoms in total. The highest BCUT2D eigenvalue weighted by atomic mass is 19.1. The van der Waals surface area contributed by atoms with Crippen molar-refractivity contribution in [1.82, 2.24) is 10.3 Å². The lowest BCUT2D eigenvalue weighted by atomic mass is 9.98. The van der Waals surface area contributed by atoms with Crippen molar-refractivity contribution >= 4 is 11.7 Å². The Balaban J connectivity index is 1.63. The van der Waals surface area contributed by atoms with Gasteiger partial charge in [0, 0.05) is 12.7 Å². The van der Waals surface area contributed by atoms with E-state index in [9.17, 15) is 9.18 Å². The molecule has 108 valence electrons. The number of carbonyl (C=O) groups excluding carboxylic acids is 1. The molecule has 20 heavy (non-hydrogen) atoms. The second kappa shape index (κ2) is 5.36. The summed E-state index contributed by atoms with van der Waals surface area (Å²) in [6.45, 7) is 0.640. The molecule has 0 aliphatic heterocycles. The molecule has 1 amide bonds. The first-order valence-corrected chi connectivity index (χ1v) is 7.10. The fourth-order valence-electron chi connectivity index (χ4n) is 2.79. The van der Waals surface area contributed by atoms with Crippen LogP contribution in [0.2, 0.25) is 0 Å². The van der Waals surface area contributed by atoms with E-state index in [2.05, 4.69) is 15.7 Å². The third kappa shape index (κ3) is 2.75. The van der Waals surface area contributed by atoms with Crippen molar-refractivity contribution in [1.29, 1.82) is 0 Å². The molecule has 1 aromatic heterocycles. The number of anilines is 1. The minimum absolute atomic E-state index is 0.0155. The topological polar surface area (TPSA) is 80.0 Å². The largest absolute Gasteiger partial charge is 0.352 e. The molecule has 0 bridgehead atoms. The molecule has 1 aromatic rings. The van der Waals surface area contributed by atoms with E-state index in [1.54, 1.807) is 0 Å². The van der Waals surface area contributed by atoms with Gasteiger partial charge in [-0.3, -0.25) is 4.79 Å². The van der Waals surface area contributed by atoms with Gasteiger partial charge in [0.2, 0.25) is 0 Å². The molecule has 2 aliphatic rings. The Morgan fingerprint density at radius 3 is 2.60 bits per heavy atom. The van der Waals surface area contributed by atoms with E-state index in [1.807, 2.05) is 0 Å². The van der Waals surface area contributed by atoms with Gasteiger partial charge in [-0.05, 0) is 49.5 Å². The van der Waals surface area contributed by atoms with E-state index in [4.69, 9.17) is 5.84 Å². The molecule has 0 saturated heterocycles. The van der Waals surface area contributed by atoms with Crippen LogP contribution in [-0.2, 0) is 0 Å². The minimum Gasteiger partial charge on any atom is -0.352 e. The van der Waals surface area contributed by atoms with E-state index in [0.717, 1.165) is 11.8 Å². The number of pyridine rings is 1. The van der Waals surface area contributed by atoms with Gasteiger partial charge in [0.1, 0.15) is 0 Å². The Morgan fingerprint density at radius 2 is 2.05 bits per heavy atom. The number of hydrazine groups is 1. The van der Waals surface area contributed by atoms with Gasteiger partial charge in [-0.2, -0.15) is 0 Å². The van der Waals surface area contributed by atoms with Gasteiger partial charge in [-0.15, -0.1) is 0 Å². The van der Waals surface area contributed by atoms with E-state index >= 15 is 0 Å². The summed E-state index contributed by atoms with van der Waals surface area (Å²) in [4.78, 5) is 15.8. The number of hydrogen-bond acceptors (Lipinski definition) is 4. The number of carbonyl (C=O) groups is 1. The third-order valence-corrected chi connectivity index (χ3v) is 4.22. The number of amides is 1. The van der Waals surface area contributed by atoms with E-state index in [0.29, 0.717) is 12.5 Å². The quantitative estimate of drug-likeness (QED) is 0.546. The van der Waals surface area contributed by atoms with Crippen LogP contribution in [0.5, 0.6) is 0 Å². The molecule has 0 atom stereocenters. The first kappa shape index (κ1) is 13.3. The summed E-state index contributed by atoms with van der Waals surface area (Å²) >= 11 is 0. The average molecular weight is 278 g/mol. The summed E-state index contributed by atoms with van der Waals surface area (Å²) in [5.74, 6) is 6.02. The standard InChI is InChI=1S/C14H19FN4O/c15-12-10(5-6-17-13(12)19-16)14(20)18-7-11(8-1-2-8)9-3-4-9/h5-6,8-9,11H,1-4,7,16H2,(H,17,19)(H,18,20). The molecular weight excluding hydrogens is 259 g/mol. The number of halogens is 1. The van der Waals surface area contributed by atoms with Gasteiger partial charge < -0.3 is 10.7 Å². The van der Waals surface area contributed by atoms with Crippen LogP contribution in [0, 0.1) is 23.6 Å². The van der Waals surface area contributed by atoms with Crippen molar-refractivity contribution in [3.63, 3.8) is 0 Å². The third-order valence-electron chi connectivity index (χ3n) is 4.22. The van der Waals surface area contributed by atoms with Crippen LogP contribution in [0.25, 0.3) is 0 Å². The second-order valence-corrected chi connectivity index (χ2v) is 5.71. The van der Waals surface area contributed by atoms with E-state index in [-0.39, 0.29) is 11.4 Å². The zero-order valence-electron chi connectivity index (χ0n) is 11.2. The van der Waals surface area contributed by atoms with Gasteiger partial charge in [-0.25, -0.2) is 15.2 Å². The summed E-state index contributed by atoms with van der Waals surface area (Å²) in [5.41, 5.74) is 2.13. The van der Waals surface area contributed by atoms with Crippen molar-refractivity contribution < 1.29 is 9.18 Å². The van der Waals surface area contributed by atoms with Crippen molar-refractivity contribution in [2.24, 2.45) is 23.6 Å². The summed E-state index contributed by atoms with van der Waals surface area (Å²) in [5, 5.41) is 2.86. The number of rotatable bonds is 6. The number of nitrogens with zero attached hydrogens (tertiary/aromatic N) is 1. The van der Waals surface area contributed by atoms with Crippen molar-refractivity contribution in [3.05, 3.63) is 23.6 Å². The Kier molecular flexibility index (Phi) is 3.56. The van der Waals surface area contributed by atoms with Crippen LogP contribution in [0.15, 0.2) is 12.3 Å². The summed E-state index contributed by atoms with van der Waals surface area (Å²) in [6.07, 6.45) is 6.43. The molecule has 4 N–H and O–H groups in total. The number of aromatic nitrogens is 1. The maximum Gasteiger partial charge on any atom is 0.254 e. The molecule has 3 rings (SSSR count). The molecule has 2 fully saturated rings. The predicted octanol–water partition coefficient (Wildman–Crippen LogP) is 1.67. The Hall–Kier alpha value is -1.69. The number of nitrogen functional groups attached to an aromatic ring is 1. The fourth-order valence-corrected chi connectivity index (χ4v) is 2.79. The number of nitrogens with one attached hydrogen (secondary N) is 2. The van der Waals surface area contributed by atoms with Crippen LogP contribution < -0.4 is 16.6 Å².